The lowest BCUT2D eigenvalue weighted by Gasteiger charge is -2.30. The minimum absolute atomic E-state index is 0.223. The van der Waals surface area contributed by atoms with Crippen molar-refractivity contribution in [3.8, 4) is 11.5 Å². The number of nitro benzene ring substituents is 1. The number of aromatic nitrogens is 1. The van der Waals surface area contributed by atoms with Crippen molar-refractivity contribution in [3.05, 3.63) is 104 Å². The first kappa shape index (κ1) is 29.5. The van der Waals surface area contributed by atoms with Crippen LogP contribution in [0, 0.1) is 13.7 Å². The summed E-state index contributed by atoms with van der Waals surface area (Å²) in [5.41, 5.74) is 1.06. The molecule has 0 fully saturated rings. The minimum atomic E-state index is -0.841. The molecule has 5 rings (SSSR count). The molecule has 1 aliphatic rings. The van der Waals surface area contributed by atoms with Crippen molar-refractivity contribution in [1.82, 2.24) is 9.47 Å². The second-order valence-electron chi connectivity index (χ2n) is 9.59. The number of likely N-dealkylation sites (N-methyl/N-ethyl adjacent to an activating group) is 1. The van der Waals surface area contributed by atoms with Gasteiger partial charge in [0, 0.05) is 24.7 Å². The van der Waals surface area contributed by atoms with Crippen LogP contribution in [0.2, 0.25) is 0 Å². The third kappa shape index (κ3) is 4.98. The van der Waals surface area contributed by atoms with Gasteiger partial charge in [-0.05, 0) is 77.9 Å². The van der Waals surface area contributed by atoms with Gasteiger partial charge in [-0.2, -0.15) is 0 Å². The molecule has 216 valence electrons. The maximum absolute atomic E-state index is 14.2. The first-order valence-corrected chi connectivity index (χ1v) is 15.0. The van der Waals surface area contributed by atoms with E-state index in [0.717, 1.165) is 22.1 Å². The Hall–Kier alpha value is -4.04. The number of carbonyl (C=O) groups excluding carboxylic acids is 1. The van der Waals surface area contributed by atoms with Crippen LogP contribution in [-0.4, -0.2) is 45.6 Å². The number of nitro groups is 1. The second-order valence-corrected chi connectivity index (χ2v) is 11.8. The standard InChI is InChI=1S/C30H27IN4O6S/c1-5-33(6-2)29(38)24-16(3)32-30-34(26(24)25-19-10-8-7-9-18(19)11-12-22(25)41-4)28(37)23(42-30)15-17-13-20(31)27(36)21(14-17)35(39)40/h7-15,26,36H,5-6H2,1-4H3/b23-15+/t26-/m1/s1. The molecule has 1 atom stereocenters. The molecule has 0 spiro atoms. The van der Waals surface area contributed by atoms with Gasteiger partial charge >= 0.3 is 5.69 Å². The summed E-state index contributed by atoms with van der Waals surface area (Å²) in [5.74, 6) is -0.131. The Bertz CT molecular complexity index is 1980. The summed E-state index contributed by atoms with van der Waals surface area (Å²) in [6, 6.07) is 13.4. The first-order valence-electron chi connectivity index (χ1n) is 13.2. The summed E-state index contributed by atoms with van der Waals surface area (Å²) >= 11 is 2.94. The fourth-order valence-electron chi connectivity index (χ4n) is 5.26. The zero-order valence-corrected chi connectivity index (χ0v) is 26.2. The number of thiazole rings is 1. The van der Waals surface area contributed by atoms with Gasteiger partial charge in [-0.3, -0.25) is 24.3 Å². The molecule has 3 aromatic carbocycles. The number of nitrogens with zero attached hydrogens (tertiary/aromatic N) is 4. The van der Waals surface area contributed by atoms with Crippen molar-refractivity contribution >= 4 is 62.4 Å². The van der Waals surface area contributed by atoms with Gasteiger partial charge in [0.25, 0.3) is 11.5 Å². The fourth-order valence-corrected chi connectivity index (χ4v) is 6.95. The van der Waals surface area contributed by atoms with E-state index in [0.29, 0.717) is 46.0 Å². The SMILES string of the molecule is CCN(CC)C(=O)C1=C(C)N=c2s/c(=C/c3cc(I)c(O)c([N+](=O)[O-])c3)c(=O)n2[C@H]1c1c(OC)ccc2ccccc12. The van der Waals surface area contributed by atoms with Crippen LogP contribution in [0.5, 0.6) is 11.5 Å². The number of ether oxygens (including phenoxy) is 1. The molecule has 0 radical (unpaired) electrons. The Kier molecular flexibility index (Phi) is 8.19. The molecule has 10 nitrogen and oxygen atoms in total. The quantitative estimate of drug-likeness (QED) is 0.172. The zero-order chi connectivity index (χ0) is 30.3. The first-order chi connectivity index (χ1) is 20.1. The number of methoxy groups -OCH3 is 1. The Morgan fingerprint density at radius 3 is 2.62 bits per heavy atom. The van der Waals surface area contributed by atoms with Gasteiger partial charge in [-0.15, -0.1) is 0 Å². The van der Waals surface area contributed by atoms with E-state index in [1.54, 1.807) is 31.1 Å². The van der Waals surface area contributed by atoms with E-state index >= 15 is 0 Å². The van der Waals surface area contributed by atoms with E-state index < -0.39 is 28.0 Å². The molecule has 1 aliphatic heterocycles. The highest BCUT2D eigenvalue weighted by molar-refractivity contribution is 14.1. The number of amides is 1. The maximum atomic E-state index is 14.2. The largest absolute Gasteiger partial charge is 0.501 e. The molecule has 0 saturated carbocycles. The van der Waals surface area contributed by atoms with E-state index in [9.17, 15) is 24.8 Å². The summed E-state index contributed by atoms with van der Waals surface area (Å²) in [7, 11) is 1.55. The zero-order valence-electron chi connectivity index (χ0n) is 23.3. The Morgan fingerprint density at radius 1 is 1.24 bits per heavy atom. The highest BCUT2D eigenvalue weighted by Crippen LogP contribution is 2.40. The summed E-state index contributed by atoms with van der Waals surface area (Å²) in [6.45, 7) is 6.53. The van der Waals surface area contributed by atoms with E-state index in [-0.39, 0.29) is 14.0 Å². The number of hydrogen-bond donors (Lipinski definition) is 1. The normalized spacial score (nSPS) is 15.0. The molecule has 1 N–H and O–H groups in total. The molecular formula is C30H27IN4O6S. The second kappa shape index (κ2) is 11.7. The Labute approximate surface area is 258 Å². The van der Waals surface area contributed by atoms with Gasteiger partial charge < -0.3 is 14.7 Å². The molecule has 1 aromatic heterocycles. The van der Waals surface area contributed by atoms with E-state index in [2.05, 4.69) is 0 Å². The Balaban J connectivity index is 1.85. The van der Waals surface area contributed by atoms with Crippen LogP contribution in [0.4, 0.5) is 5.69 Å². The molecule has 12 heteroatoms. The number of hydrogen-bond acceptors (Lipinski definition) is 8. The van der Waals surface area contributed by atoms with Crippen LogP contribution in [0.15, 0.2) is 69.6 Å². The van der Waals surface area contributed by atoms with E-state index in [1.165, 1.54) is 10.6 Å². The predicted octanol–water partition coefficient (Wildman–Crippen LogP) is 4.48. The summed E-state index contributed by atoms with van der Waals surface area (Å²) in [4.78, 5) is 45.9. The van der Waals surface area contributed by atoms with Gasteiger partial charge in [0.05, 0.1) is 31.4 Å². The van der Waals surface area contributed by atoms with Crippen molar-refractivity contribution in [1.29, 1.82) is 0 Å². The van der Waals surface area contributed by atoms with Crippen LogP contribution in [-0.2, 0) is 4.79 Å². The number of aromatic hydroxyl groups is 1. The van der Waals surface area contributed by atoms with Gasteiger partial charge in [-0.1, -0.05) is 41.7 Å². The number of fused-ring (bicyclic) bond motifs is 2. The van der Waals surface area contributed by atoms with Crippen molar-refractivity contribution < 1.29 is 19.6 Å². The predicted molar refractivity (Wildman–Crippen MR) is 170 cm³/mol. The van der Waals surface area contributed by atoms with Gasteiger partial charge in [0.1, 0.15) is 11.8 Å². The topological polar surface area (TPSA) is 127 Å². The molecule has 42 heavy (non-hydrogen) atoms. The van der Waals surface area contributed by atoms with Crippen molar-refractivity contribution in [2.24, 2.45) is 4.99 Å². The van der Waals surface area contributed by atoms with Crippen LogP contribution < -0.4 is 19.6 Å². The van der Waals surface area contributed by atoms with Crippen LogP contribution in [0.1, 0.15) is 37.9 Å². The van der Waals surface area contributed by atoms with Crippen molar-refractivity contribution in [3.63, 3.8) is 0 Å². The van der Waals surface area contributed by atoms with Crippen LogP contribution in [0.25, 0.3) is 16.8 Å². The summed E-state index contributed by atoms with van der Waals surface area (Å²) < 4.78 is 7.89. The number of rotatable bonds is 7. The van der Waals surface area contributed by atoms with Crippen molar-refractivity contribution in [2.45, 2.75) is 26.8 Å². The van der Waals surface area contributed by atoms with Gasteiger partial charge in [0.15, 0.2) is 4.80 Å². The molecule has 4 aromatic rings. The lowest BCUT2D eigenvalue weighted by molar-refractivity contribution is -0.386. The Morgan fingerprint density at radius 2 is 1.95 bits per heavy atom. The number of benzene rings is 3. The highest BCUT2D eigenvalue weighted by Gasteiger charge is 2.36. The average molecular weight is 699 g/mol. The van der Waals surface area contributed by atoms with Crippen molar-refractivity contribution in [2.75, 3.05) is 20.2 Å². The monoisotopic (exact) mass is 698 g/mol. The molecule has 0 saturated heterocycles. The number of phenolic OH excluding ortho intramolecular Hbond substituents is 1. The number of phenols is 1. The van der Waals surface area contributed by atoms with E-state index in [4.69, 9.17) is 9.73 Å². The van der Waals surface area contributed by atoms with Crippen LogP contribution in [0.3, 0.4) is 0 Å². The summed E-state index contributed by atoms with van der Waals surface area (Å²) in [5, 5.41) is 23.4. The highest BCUT2D eigenvalue weighted by atomic mass is 127. The van der Waals surface area contributed by atoms with Gasteiger partial charge in [-0.25, -0.2) is 4.99 Å². The van der Waals surface area contributed by atoms with E-state index in [1.807, 2.05) is 72.8 Å². The molecule has 0 aliphatic carbocycles. The third-order valence-corrected chi connectivity index (χ3v) is 9.09. The lowest BCUT2D eigenvalue weighted by atomic mass is 9.90. The number of carbonyl (C=O) groups is 1. The molecule has 2 heterocycles. The number of halogens is 1. The molecular weight excluding hydrogens is 671 g/mol. The smallest absolute Gasteiger partial charge is 0.312 e. The molecule has 1 amide bonds. The average Bonchev–Trinajstić information content (AvgIpc) is 3.27. The van der Waals surface area contributed by atoms with Gasteiger partial charge in [0.2, 0.25) is 5.75 Å². The molecule has 0 unspecified atom stereocenters. The maximum Gasteiger partial charge on any atom is 0.312 e. The minimum Gasteiger partial charge on any atom is -0.501 e. The van der Waals surface area contributed by atoms with Crippen LogP contribution >= 0.6 is 33.9 Å². The summed E-state index contributed by atoms with van der Waals surface area (Å²) in [6.07, 6.45) is 1.54. The number of allylic oxidation sites excluding steroid dienone is 1. The lowest BCUT2D eigenvalue weighted by Crippen LogP contribution is -2.43. The third-order valence-electron chi connectivity index (χ3n) is 7.29. The molecule has 0 bridgehead atoms. The fraction of sp³-hybridized carbons (Fsp3) is 0.233.